The normalized spacial score (nSPS) is 22.3. The Hall–Kier alpha value is -6.26. The van der Waals surface area contributed by atoms with Gasteiger partial charge in [-0.3, -0.25) is 0 Å². The van der Waals surface area contributed by atoms with E-state index >= 15 is 0 Å². The van der Waals surface area contributed by atoms with E-state index in [0.717, 1.165) is 65.9 Å². The van der Waals surface area contributed by atoms with E-state index in [1.54, 1.807) is 0 Å². The van der Waals surface area contributed by atoms with Gasteiger partial charge in [-0.15, -0.1) is 0 Å². The van der Waals surface area contributed by atoms with E-state index in [1.807, 2.05) is 66.7 Å². The van der Waals surface area contributed by atoms with Gasteiger partial charge < -0.3 is 14.9 Å². The first kappa shape index (κ1) is 30.4. The second-order valence-electron chi connectivity index (χ2n) is 14.6. The number of hydrogen-bond acceptors (Lipinski definition) is 3. The lowest BCUT2D eigenvalue weighted by Gasteiger charge is -2.45. The van der Waals surface area contributed by atoms with Gasteiger partial charge >= 0.3 is 0 Å². The molecule has 8 aromatic carbocycles. The van der Waals surface area contributed by atoms with Crippen LogP contribution in [-0.4, -0.2) is 16.3 Å². The van der Waals surface area contributed by atoms with Crippen LogP contribution in [-0.2, 0) is 11.2 Å². The first-order valence-electron chi connectivity index (χ1n) is 18.3. The highest BCUT2D eigenvalue weighted by molar-refractivity contribution is 6.02. The fourth-order valence-electron chi connectivity index (χ4n) is 9.29. The maximum absolute atomic E-state index is 13.6. The van der Waals surface area contributed by atoms with E-state index in [2.05, 4.69) is 115 Å². The largest absolute Gasteiger partial charge is 0.484 e. The van der Waals surface area contributed by atoms with Gasteiger partial charge in [-0.25, -0.2) is 0 Å². The second kappa shape index (κ2) is 11.1. The zero-order valence-corrected chi connectivity index (χ0v) is 28.8. The molecule has 4 unspecified atom stereocenters. The molecule has 11 rings (SSSR count). The number of allylic oxidation sites excluding steroid dienone is 2. The van der Waals surface area contributed by atoms with Crippen molar-refractivity contribution in [3.05, 3.63) is 221 Å². The first-order chi connectivity index (χ1) is 26.0. The lowest BCUT2D eigenvalue weighted by atomic mass is 9.63. The average molecular weight is 683 g/mol. The van der Waals surface area contributed by atoms with Gasteiger partial charge in [0, 0.05) is 16.9 Å². The van der Waals surface area contributed by atoms with Crippen LogP contribution >= 0.6 is 0 Å². The standard InChI is InChI=1S/C50H34O3/c51-49(36-24-21-31-11-1-3-13-33(31)27-36)43-18-8-9-19-44(43)50(52,37-25-22-32-12-2-4-14-34(32)28-37)46-29-35(23-26-45(46)49)41-30-42-39-16-7-10-20-47(39)53-48(42)40-17-6-5-15-38(40)41/h1-30,39,47,51-52H. The van der Waals surface area contributed by atoms with Crippen LogP contribution in [0, 0.1) is 0 Å². The van der Waals surface area contributed by atoms with Gasteiger partial charge in [0.2, 0.25) is 0 Å². The number of hydrogen-bond donors (Lipinski definition) is 2. The predicted octanol–water partition coefficient (Wildman–Crippen LogP) is 10.7. The minimum atomic E-state index is -1.58. The van der Waals surface area contributed by atoms with Gasteiger partial charge in [0.1, 0.15) is 23.1 Å². The Morgan fingerprint density at radius 1 is 0.453 bits per heavy atom. The van der Waals surface area contributed by atoms with Gasteiger partial charge in [0.15, 0.2) is 0 Å². The number of benzene rings is 8. The summed E-state index contributed by atoms with van der Waals surface area (Å²) in [6, 6.07) is 53.6. The highest BCUT2D eigenvalue weighted by Gasteiger charge is 2.51. The average Bonchev–Trinajstić information content (AvgIpc) is 3.61. The number of ether oxygens (including phenoxy) is 1. The molecule has 1 heterocycles. The van der Waals surface area contributed by atoms with E-state index in [-0.39, 0.29) is 12.0 Å². The summed E-state index contributed by atoms with van der Waals surface area (Å²) < 4.78 is 6.57. The van der Waals surface area contributed by atoms with Crippen molar-refractivity contribution < 1.29 is 14.9 Å². The van der Waals surface area contributed by atoms with Crippen LogP contribution in [0.4, 0.5) is 0 Å². The molecular weight excluding hydrogens is 649 g/mol. The quantitative estimate of drug-likeness (QED) is 0.195. The number of aliphatic hydroxyl groups is 2. The molecule has 3 aliphatic rings. The molecule has 0 spiro atoms. The van der Waals surface area contributed by atoms with Crippen LogP contribution in [0.1, 0.15) is 44.9 Å². The zero-order chi connectivity index (χ0) is 35.3. The number of fused-ring (bicyclic) bond motifs is 9. The Balaban J connectivity index is 1.21. The topological polar surface area (TPSA) is 49.7 Å². The molecule has 0 saturated carbocycles. The lowest BCUT2D eigenvalue weighted by molar-refractivity contribution is 0.0750. The minimum absolute atomic E-state index is 0.0383. The van der Waals surface area contributed by atoms with Crippen LogP contribution in [0.15, 0.2) is 182 Å². The summed E-state index contributed by atoms with van der Waals surface area (Å²) in [6.45, 7) is 0. The summed E-state index contributed by atoms with van der Waals surface area (Å²) in [5, 5.41) is 33.4. The van der Waals surface area contributed by atoms with Crippen molar-refractivity contribution >= 4 is 32.3 Å². The molecule has 0 radical (unpaired) electrons. The highest BCUT2D eigenvalue weighted by atomic mass is 16.5. The van der Waals surface area contributed by atoms with Crippen molar-refractivity contribution in [1.82, 2.24) is 0 Å². The van der Waals surface area contributed by atoms with E-state index in [9.17, 15) is 10.2 Å². The molecule has 8 aromatic rings. The highest BCUT2D eigenvalue weighted by Crippen LogP contribution is 2.55. The van der Waals surface area contributed by atoms with Crippen LogP contribution in [0.25, 0.3) is 43.4 Å². The SMILES string of the molecule is OC1(c2ccc3ccccc3c2)c2ccccc2C(O)(c2ccc3ccccc3c2)c2cc(-c3cc4c(c5ccccc35)OC3C=CC=CC43)ccc21. The van der Waals surface area contributed by atoms with Gasteiger partial charge in [0.25, 0.3) is 0 Å². The number of rotatable bonds is 3. The summed E-state index contributed by atoms with van der Waals surface area (Å²) in [7, 11) is 0. The van der Waals surface area contributed by atoms with Crippen LogP contribution < -0.4 is 4.74 Å². The van der Waals surface area contributed by atoms with Gasteiger partial charge in [0.05, 0.1) is 0 Å². The molecule has 0 fully saturated rings. The third-order valence-corrected chi connectivity index (χ3v) is 11.9. The molecule has 0 aromatic heterocycles. The maximum Gasteiger partial charge on any atom is 0.141 e. The van der Waals surface area contributed by atoms with E-state index in [4.69, 9.17) is 4.74 Å². The Morgan fingerprint density at radius 3 is 1.68 bits per heavy atom. The van der Waals surface area contributed by atoms with Gasteiger partial charge in [-0.2, -0.15) is 0 Å². The fraction of sp³-hybridized carbons (Fsp3) is 0.0800. The van der Waals surface area contributed by atoms with Crippen molar-refractivity contribution in [3.8, 4) is 16.9 Å². The summed E-state index contributed by atoms with van der Waals surface area (Å²) in [6.07, 6.45) is 8.47. The molecule has 2 N–H and O–H groups in total. The smallest absolute Gasteiger partial charge is 0.141 e. The van der Waals surface area contributed by atoms with Gasteiger partial charge in [-0.05, 0) is 102 Å². The predicted molar refractivity (Wildman–Crippen MR) is 213 cm³/mol. The molecule has 3 heteroatoms. The summed E-state index contributed by atoms with van der Waals surface area (Å²) in [5.74, 6) is 1.05. The van der Waals surface area contributed by atoms with Crippen molar-refractivity contribution in [2.24, 2.45) is 0 Å². The van der Waals surface area contributed by atoms with Crippen LogP contribution in [0.3, 0.4) is 0 Å². The molecular formula is C50H34O3. The van der Waals surface area contributed by atoms with E-state index in [1.165, 1.54) is 0 Å². The molecule has 252 valence electrons. The third-order valence-electron chi connectivity index (χ3n) is 11.9. The Morgan fingerprint density at radius 2 is 1.00 bits per heavy atom. The lowest BCUT2D eigenvalue weighted by Crippen LogP contribution is -2.44. The second-order valence-corrected chi connectivity index (χ2v) is 14.6. The Labute approximate surface area is 307 Å². The monoisotopic (exact) mass is 682 g/mol. The van der Waals surface area contributed by atoms with Crippen molar-refractivity contribution in [2.45, 2.75) is 23.2 Å². The van der Waals surface area contributed by atoms with E-state index in [0.29, 0.717) is 22.3 Å². The molecule has 3 nitrogen and oxygen atoms in total. The zero-order valence-electron chi connectivity index (χ0n) is 28.8. The van der Waals surface area contributed by atoms with Crippen molar-refractivity contribution in [1.29, 1.82) is 0 Å². The first-order valence-corrected chi connectivity index (χ1v) is 18.3. The molecule has 0 bridgehead atoms. The molecule has 1 aliphatic heterocycles. The minimum Gasteiger partial charge on any atom is -0.484 e. The molecule has 0 amide bonds. The Bertz CT molecular complexity index is 2880. The van der Waals surface area contributed by atoms with Crippen LogP contribution in [0.2, 0.25) is 0 Å². The molecule has 53 heavy (non-hydrogen) atoms. The molecule has 0 saturated heterocycles. The van der Waals surface area contributed by atoms with Crippen LogP contribution in [0.5, 0.6) is 5.75 Å². The Kier molecular flexibility index (Phi) is 6.37. The van der Waals surface area contributed by atoms with Gasteiger partial charge in [-0.1, -0.05) is 152 Å². The van der Waals surface area contributed by atoms with Crippen molar-refractivity contribution in [3.63, 3.8) is 0 Å². The van der Waals surface area contributed by atoms with Crippen molar-refractivity contribution in [2.75, 3.05) is 0 Å². The van der Waals surface area contributed by atoms with E-state index < -0.39 is 11.2 Å². The summed E-state index contributed by atoms with van der Waals surface area (Å²) >= 11 is 0. The fourth-order valence-corrected chi connectivity index (χ4v) is 9.29. The third kappa shape index (κ3) is 4.24. The molecule has 4 atom stereocenters. The summed E-state index contributed by atoms with van der Waals surface area (Å²) in [4.78, 5) is 0. The summed E-state index contributed by atoms with van der Waals surface area (Å²) in [5.41, 5.74) is 4.18. The maximum atomic E-state index is 13.6. The molecule has 2 aliphatic carbocycles.